The van der Waals surface area contributed by atoms with E-state index in [2.05, 4.69) is 11.8 Å². The highest BCUT2D eigenvalue weighted by atomic mass is 16.6. The number of esters is 4. The maximum Gasteiger partial charge on any atom is 0.303 e. The van der Waals surface area contributed by atoms with E-state index in [0.717, 1.165) is 0 Å². The average Bonchev–Trinajstić information content (AvgIpc) is 2.70. The van der Waals surface area contributed by atoms with Gasteiger partial charge in [-0.05, 0) is 24.3 Å². The molecule has 2 heterocycles. The zero-order chi connectivity index (χ0) is 23.7. The zero-order valence-corrected chi connectivity index (χ0v) is 18.3. The van der Waals surface area contributed by atoms with Gasteiger partial charge in [-0.1, -0.05) is 11.8 Å². The van der Waals surface area contributed by atoms with E-state index in [4.69, 9.17) is 28.4 Å². The Labute approximate surface area is 185 Å². The molecule has 0 radical (unpaired) electrons. The minimum Gasteiger partial charge on any atom is -0.463 e. The highest BCUT2D eigenvalue weighted by molar-refractivity contribution is 5.67. The number of hydrogen-bond donors (Lipinski definition) is 0. The zero-order valence-electron chi connectivity index (χ0n) is 18.3. The van der Waals surface area contributed by atoms with Gasteiger partial charge in [-0.25, -0.2) is 0 Å². The molecule has 0 N–H and O–H groups in total. The number of carbonyl (C=O) groups excluding carboxylic acids is 4. The second kappa shape index (κ2) is 12.0. The molecule has 0 aromatic carbocycles. The second-order valence-corrected chi connectivity index (χ2v) is 7.00. The standard InChI is InChI=1S/C22H26O10/c1-13(23)27-11-21-19(29-15(3)25)9-7-17(31-21)5-6-18-8-10-20(30-16(4)26)22(32-18)12-28-14(2)24/h7-10,17-22H,11-12H2,1-4H3/t17-,18-,19+,20+,21-,22-/m1/s1. The highest BCUT2D eigenvalue weighted by Gasteiger charge is 2.32. The third kappa shape index (κ3) is 8.53. The Kier molecular flexibility index (Phi) is 9.43. The predicted molar refractivity (Wildman–Crippen MR) is 108 cm³/mol. The summed E-state index contributed by atoms with van der Waals surface area (Å²) < 4.78 is 31.9. The molecule has 10 heteroatoms. The number of hydrogen-bond acceptors (Lipinski definition) is 10. The number of ether oxygens (including phenoxy) is 6. The van der Waals surface area contributed by atoms with Gasteiger partial charge in [-0.2, -0.15) is 0 Å². The largest absolute Gasteiger partial charge is 0.463 e. The molecule has 2 rings (SSSR count). The molecule has 0 bridgehead atoms. The average molecular weight is 450 g/mol. The molecule has 174 valence electrons. The molecule has 0 spiro atoms. The van der Waals surface area contributed by atoms with E-state index < -0.39 is 60.5 Å². The van der Waals surface area contributed by atoms with Crippen molar-refractivity contribution in [1.82, 2.24) is 0 Å². The van der Waals surface area contributed by atoms with E-state index in [1.54, 1.807) is 24.3 Å². The van der Waals surface area contributed by atoms with Crippen molar-refractivity contribution in [3.63, 3.8) is 0 Å². The maximum absolute atomic E-state index is 11.3. The first kappa shape index (κ1) is 25.1. The van der Waals surface area contributed by atoms with Crippen LogP contribution in [-0.2, 0) is 47.6 Å². The molecule has 0 fully saturated rings. The van der Waals surface area contributed by atoms with Crippen LogP contribution in [0.2, 0.25) is 0 Å². The van der Waals surface area contributed by atoms with Crippen LogP contribution < -0.4 is 0 Å². The summed E-state index contributed by atoms with van der Waals surface area (Å²) >= 11 is 0. The van der Waals surface area contributed by atoms with E-state index >= 15 is 0 Å². The predicted octanol–water partition coefficient (Wildman–Crippen LogP) is 0.627. The Bertz CT molecular complexity index is 767. The molecule has 2 aliphatic rings. The van der Waals surface area contributed by atoms with Crippen molar-refractivity contribution in [3.8, 4) is 11.8 Å². The van der Waals surface area contributed by atoms with Crippen molar-refractivity contribution >= 4 is 23.9 Å². The molecule has 6 atom stereocenters. The summed E-state index contributed by atoms with van der Waals surface area (Å²) in [7, 11) is 0. The summed E-state index contributed by atoms with van der Waals surface area (Å²) in [5.74, 6) is 3.81. The van der Waals surface area contributed by atoms with E-state index in [0.29, 0.717) is 0 Å². The molecule has 0 amide bonds. The fraction of sp³-hybridized carbons (Fsp3) is 0.545. The van der Waals surface area contributed by atoms with Gasteiger partial charge in [-0.15, -0.1) is 0 Å². The van der Waals surface area contributed by atoms with Gasteiger partial charge in [0.05, 0.1) is 0 Å². The number of rotatable bonds is 6. The molecular weight excluding hydrogens is 424 g/mol. The fourth-order valence-electron chi connectivity index (χ4n) is 2.90. The van der Waals surface area contributed by atoms with Crippen molar-refractivity contribution in [1.29, 1.82) is 0 Å². The lowest BCUT2D eigenvalue weighted by Gasteiger charge is -2.30. The van der Waals surface area contributed by atoms with Gasteiger partial charge >= 0.3 is 23.9 Å². The molecule has 0 aromatic heterocycles. The molecule has 2 aliphatic heterocycles. The minimum absolute atomic E-state index is 0.107. The van der Waals surface area contributed by atoms with Crippen LogP contribution in [0.3, 0.4) is 0 Å². The Hall–Kier alpha value is -3.16. The summed E-state index contributed by atoms with van der Waals surface area (Å²) in [4.78, 5) is 44.8. The van der Waals surface area contributed by atoms with Crippen LogP contribution in [0.1, 0.15) is 27.7 Å². The molecular formula is C22H26O10. The Morgan fingerprint density at radius 3 is 1.34 bits per heavy atom. The third-order valence-electron chi connectivity index (χ3n) is 4.20. The van der Waals surface area contributed by atoms with E-state index in [1.807, 2.05) is 0 Å². The minimum atomic E-state index is -0.722. The van der Waals surface area contributed by atoms with E-state index in [-0.39, 0.29) is 13.2 Å². The van der Waals surface area contributed by atoms with Crippen LogP contribution in [-0.4, -0.2) is 73.7 Å². The smallest absolute Gasteiger partial charge is 0.303 e. The lowest BCUT2D eigenvalue weighted by Crippen LogP contribution is -2.42. The van der Waals surface area contributed by atoms with Gasteiger partial charge in [0.15, 0.2) is 0 Å². The van der Waals surface area contributed by atoms with Crippen LogP contribution in [0.25, 0.3) is 0 Å². The van der Waals surface area contributed by atoms with Crippen molar-refractivity contribution in [2.45, 2.75) is 64.3 Å². The van der Waals surface area contributed by atoms with Gasteiger partial charge in [-0.3, -0.25) is 19.2 Å². The second-order valence-electron chi connectivity index (χ2n) is 7.00. The van der Waals surface area contributed by atoms with Crippen molar-refractivity contribution < 1.29 is 47.6 Å². The molecule has 10 nitrogen and oxygen atoms in total. The topological polar surface area (TPSA) is 124 Å². The monoisotopic (exact) mass is 450 g/mol. The summed E-state index contributed by atoms with van der Waals surface area (Å²) in [5.41, 5.74) is 0. The Balaban J connectivity index is 2.08. The fourth-order valence-corrected chi connectivity index (χ4v) is 2.90. The van der Waals surface area contributed by atoms with Gasteiger partial charge in [0.25, 0.3) is 0 Å². The van der Waals surface area contributed by atoms with Gasteiger partial charge < -0.3 is 28.4 Å². The number of carbonyl (C=O) groups is 4. The first-order chi connectivity index (χ1) is 15.1. The van der Waals surface area contributed by atoms with Crippen LogP contribution >= 0.6 is 0 Å². The lowest BCUT2D eigenvalue weighted by molar-refractivity contribution is -0.162. The van der Waals surface area contributed by atoms with Crippen LogP contribution in [0.4, 0.5) is 0 Å². The first-order valence-electron chi connectivity index (χ1n) is 9.94. The lowest BCUT2D eigenvalue weighted by atomic mass is 10.1. The summed E-state index contributed by atoms with van der Waals surface area (Å²) in [6, 6.07) is 0. The molecule has 32 heavy (non-hydrogen) atoms. The summed E-state index contributed by atoms with van der Waals surface area (Å²) in [5, 5.41) is 0. The molecule has 0 saturated heterocycles. The van der Waals surface area contributed by atoms with Crippen LogP contribution in [0.15, 0.2) is 24.3 Å². The van der Waals surface area contributed by atoms with Crippen LogP contribution in [0, 0.1) is 11.8 Å². The highest BCUT2D eigenvalue weighted by Crippen LogP contribution is 2.19. The summed E-state index contributed by atoms with van der Waals surface area (Å²) in [6.07, 6.45) is 2.27. The maximum atomic E-state index is 11.3. The quantitative estimate of drug-likeness (QED) is 0.246. The molecule has 0 aliphatic carbocycles. The van der Waals surface area contributed by atoms with Crippen molar-refractivity contribution in [2.75, 3.05) is 13.2 Å². The van der Waals surface area contributed by atoms with E-state index in [1.165, 1.54) is 27.7 Å². The van der Waals surface area contributed by atoms with Gasteiger partial charge in [0.2, 0.25) is 0 Å². The first-order valence-corrected chi connectivity index (χ1v) is 9.94. The van der Waals surface area contributed by atoms with Gasteiger partial charge in [0.1, 0.15) is 49.8 Å². The SMILES string of the molecule is CC(=O)OC[C@H]1O[C@H](C#C[C@@H]2C=C[C@H](OC(C)=O)[C@@H](COC(C)=O)O2)C=C[C@@H]1OC(C)=O. The Morgan fingerprint density at radius 1 is 0.656 bits per heavy atom. The molecule has 0 saturated carbocycles. The normalized spacial score (nSPS) is 28.6. The molecule has 0 unspecified atom stereocenters. The van der Waals surface area contributed by atoms with Gasteiger partial charge in [0, 0.05) is 27.7 Å². The molecule has 0 aromatic rings. The summed E-state index contributed by atoms with van der Waals surface area (Å²) in [6.45, 7) is 4.85. The Morgan fingerprint density at radius 2 is 1.03 bits per heavy atom. The van der Waals surface area contributed by atoms with Crippen molar-refractivity contribution in [2.24, 2.45) is 0 Å². The third-order valence-corrected chi connectivity index (χ3v) is 4.20. The van der Waals surface area contributed by atoms with Crippen LogP contribution in [0.5, 0.6) is 0 Å². The van der Waals surface area contributed by atoms with Crippen molar-refractivity contribution in [3.05, 3.63) is 24.3 Å². The van der Waals surface area contributed by atoms with E-state index in [9.17, 15) is 19.2 Å².